The van der Waals surface area contributed by atoms with Gasteiger partial charge in [0.2, 0.25) is 0 Å². The zero-order chi connectivity index (χ0) is 17.6. The van der Waals surface area contributed by atoms with Crippen LogP contribution in [0.1, 0.15) is 75.5 Å². The summed E-state index contributed by atoms with van der Waals surface area (Å²) >= 11 is 6.06. The Bertz CT molecular complexity index is 560. The molecule has 4 heteroatoms. The number of fused-ring (bicyclic) bond motifs is 3. The van der Waals surface area contributed by atoms with E-state index in [1.54, 1.807) is 0 Å². The zero-order valence-corrected chi connectivity index (χ0v) is 16.3. The van der Waals surface area contributed by atoms with E-state index in [-0.39, 0.29) is 6.10 Å². The number of ether oxygens (including phenoxy) is 3. The van der Waals surface area contributed by atoms with Gasteiger partial charge in [-0.1, -0.05) is 20.3 Å². The van der Waals surface area contributed by atoms with Gasteiger partial charge in [-0.2, -0.15) is 0 Å². The van der Waals surface area contributed by atoms with Crippen LogP contribution in [0.4, 0.5) is 0 Å². The third kappa shape index (κ3) is 4.25. The second-order valence-corrected chi connectivity index (χ2v) is 7.60. The molecule has 1 saturated carbocycles. The minimum atomic E-state index is 0.0716. The van der Waals surface area contributed by atoms with Crippen molar-refractivity contribution in [3.05, 3.63) is 23.3 Å². The first-order valence-corrected chi connectivity index (χ1v) is 10.4. The van der Waals surface area contributed by atoms with Crippen LogP contribution in [0.25, 0.3) is 0 Å². The maximum absolute atomic E-state index is 6.28. The van der Waals surface area contributed by atoms with Crippen molar-refractivity contribution in [3.8, 4) is 11.5 Å². The monoisotopic (exact) mass is 366 g/mol. The standard InChI is InChI=1S/C21H31ClO3/c1-3-10-23-20-12-17-16-7-5-6-15(16)14-25-19(8-9-22)18(17)13-21(20)24-11-4-2/h12-13,15-16,19H,3-11,14H2,1-2H3. The molecule has 3 atom stereocenters. The van der Waals surface area contributed by atoms with Gasteiger partial charge < -0.3 is 14.2 Å². The van der Waals surface area contributed by atoms with Crippen LogP contribution in [0, 0.1) is 5.92 Å². The SMILES string of the molecule is CCCOc1cc2c(cc1OCCC)C1CCCC1COC2CCCl. The summed E-state index contributed by atoms with van der Waals surface area (Å²) in [5, 5.41) is 0. The number of halogens is 1. The summed E-state index contributed by atoms with van der Waals surface area (Å²) in [6.45, 7) is 6.52. The molecule has 25 heavy (non-hydrogen) atoms. The molecule has 1 aliphatic heterocycles. The smallest absolute Gasteiger partial charge is 0.161 e. The number of alkyl halides is 1. The van der Waals surface area contributed by atoms with Crippen LogP contribution in [0.3, 0.4) is 0 Å². The van der Waals surface area contributed by atoms with Crippen molar-refractivity contribution in [2.75, 3.05) is 25.7 Å². The quantitative estimate of drug-likeness (QED) is 0.540. The first-order chi connectivity index (χ1) is 12.3. The van der Waals surface area contributed by atoms with E-state index in [0.29, 0.717) is 24.3 Å². The highest BCUT2D eigenvalue weighted by Gasteiger charge is 2.36. The molecule has 1 fully saturated rings. The van der Waals surface area contributed by atoms with Crippen molar-refractivity contribution in [3.63, 3.8) is 0 Å². The summed E-state index contributed by atoms with van der Waals surface area (Å²) in [7, 11) is 0. The summed E-state index contributed by atoms with van der Waals surface area (Å²) in [5.74, 6) is 3.57. The molecular weight excluding hydrogens is 336 g/mol. The minimum absolute atomic E-state index is 0.0716. The second-order valence-electron chi connectivity index (χ2n) is 7.22. The number of rotatable bonds is 8. The molecule has 3 nitrogen and oxygen atoms in total. The van der Waals surface area contributed by atoms with Gasteiger partial charge in [-0.25, -0.2) is 0 Å². The molecule has 1 heterocycles. The van der Waals surface area contributed by atoms with Gasteiger partial charge >= 0.3 is 0 Å². The van der Waals surface area contributed by atoms with Crippen LogP contribution in [0.5, 0.6) is 11.5 Å². The van der Waals surface area contributed by atoms with E-state index >= 15 is 0 Å². The van der Waals surface area contributed by atoms with Crippen LogP contribution < -0.4 is 9.47 Å². The molecule has 1 aliphatic carbocycles. The Hall–Kier alpha value is -0.930. The largest absolute Gasteiger partial charge is 0.490 e. The number of benzene rings is 1. The molecule has 1 aromatic carbocycles. The highest BCUT2D eigenvalue weighted by molar-refractivity contribution is 6.17. The summed E-state index contributed by atoms with van der Waals surface area (Å²) in [5.41, 5.74) is 2.68. The van der Waals surface area contributed by atoms with Gasteiger partial charge in [0.15, 0.2) is 11.5 Å². The Morgan fingerprint density at radius 1 is 1.04 bits per heavy atom. The normalized spacial score (nSPS) is 25.2. The van der Waals surface area contributed by atoms with Crippen molar-refractivity contribution >= 4 is 11.6 Å². The van der Waals surface area contributed by atoms with Crippen LogP contribution in [0.2, 0.25) is 0 Å². The average molecular weight is 367 g/mol. The van der Waals surface area contributed by atoms with Gasteiger partial charge in [0, 0.05) is 5.88 Å². The van der Waals surface area contributed by atoms with Gasteiger partial charge in [0.25, 0.3) is 0 Å². The lowest BCUT2D eigenvalue weighted by Gasteiger charge is -2.22. The predicted molar refractivity (Wildman–Crippen MR) is 102 cm³/mol. The van der Waals surface area contributed by atoms with E-state index in [2.05, 4.69) is 26.0 Å². The van der Waals surface area contributed by atoms with E-state index in [1.807, 2.05) is 0 Å². The maximum atomic E-state index is 6.28. The molecule has 3 rings (SSSR count). The van der Waals surface area contributed by atoms with Crippen molar-refractivity contribution < 1.29 is 14.2 Å². The Morgan fingerprint density at radius 2 is 1.72 bits per heavy atom. The van der Waals surface area contributed by atoms with Gasteiger partial charge in [-0.05, 0) is 67.2 Å². The molecule has 0 amide bonds. The number of hydrogen-bond acceptors (Lipinski definition) is 3. The van der Waals surface area contributed by atoms with E-state index in [0.717, 1.165) is 44.0 Å². The topological polar surface area (TPSA) is 27.7 Å². The summed E-state index contributed by atoms with van der Waals surface area (Å²) in [6, 6.07) is 4.42. The third-order valence-corrected chi connectivity index (χ3v) is 5.58. The van der Waals surface area contributed by atoms with Crippen molar-refractivity contribution in [1.29, 1.82) is 0 Å². The lowest BCUT2D eigenvalue weighted by atomic mass is 9.85. The van der Waals surface area contributed by atoms with Gasteiger partial charge in [0.05, 0.1) is 25.9 Å². The summed E-state index contributed by atoms with van der Waals surface area (Å²) < 4.78 is 18.3. The van der Waals surface area contributed by atoms with Gasteiger partial charge in [0.1, 0.15) is 0 Å². The predicted octanol–water partition coefficient (Wildman–Crippen LogP) is 5.85. The summed E-state index contributed by atoms with van der Waals surface area (Å²) in [6.07, 6.45) is 6.69. The minimum Gasteiger partial charge on any atom is -0.490 e. The van der Waals surface area contributed by atoms with Gasteiger partial charge in [-0.15, -0.1) is 11.6 Å². The first kappa shape index (κ1) is 18.8. The third-order valence-electron chi connectivity index (χ3n) is 5.36. The van der Waals surface area contributed by atoms with Crippen LogP contribution in [-0.4, -0.2) is 25.7 Å². The Labute approximate surface area is 157 Å². The highest BCUT2D eigenvalue weighted by Crippen LogP contribution is 2.49. The second kappa shape index (κ2) is 9.14. The molecule has 0 aromatic heterocycles. The molecule has 2 aliphatic rings. The number of hydrogen-bond donors (Lipinski definition) is 0. The Kier molecular flexibility index (Phi) is 6.89. The van der Waals surface area contributed by atoms with E-state index in [4.69, 9.17) is 25.8 Å². The molecular formula is C21H31ClO3. The molecule has 0 saturated heterocycles. The van der Waals surface area contributed by atoms with Crippen LogP contribution in [-0.2, 0) is 4.74 Å². The lowest BCUT2D eigenvalue weighted by molar-refractivity contribution is 0.0321. The van der Waals surface area contributed by atoms with Gasteiger partial charge in [-0.3, -0.25) is 0 Å². The molecule has 0 bridgehead atoms. The Morgan fingerprint density at radius 3 is 2.36 bits per heavy atom. The highest BCUT2D eigenvalue weighted by atomic mass is 35.5. The molecule has 0 radical (unpaired) electrons. The van der Waals surface area contributed by atoms with Crippen molar-refractivity contribution in [1.82, 2.24) is 0 Å². The molecule has 3 unspecified atom stereocenters. The maximum Gasteiger partial charge on any atom is 0.161 e. The zero-order valence-electron chi connectivity index (χ0n) is 15.6. The fraction of sp³-hybridized carbons (Fsp3) is 0.714. The fourth-order valence-corrected chi connectivity index (χ4v) is 4.35. The first-order valence-electron chi connectivity index (χ1n) is 9.89. The molecule has 0 N–H and O–H groups in total. The molecule has 0 spiro atoms. The van der Waals surface area contributed by atoms with E-state index in [9.17, 15) is 0 Å². The molecule has 140 valence electrons. The van der Waals surface area contributed by atoms with E-state index < -0.39 is 0 Å². The fourth-order valence-electron chi connectivity index (χ4n) is 4.15. The molecule has 1 aromatic rings. The van der Waals surface area contributed by atoms with Crippen LogP contribution >= 0.6 is 11.6 Å². The van der Waals surface area contributed by atoms with Crippen LogP contribution in [0.15, 0.2) is 12.1 Å². The van der Waals surface area contributed by atoms with Crippen molar-refractivity contribution in [2.45, 2.75) is 64.4 Å². The summed E-state index contributed by atoms with van der Waals surface area (Å²) in [4.78, 5) is 0. The Balaban J connectivity index is 2.01. The van der Waals surface area contributed by atoms with Crippen molar-refractivity contribution in [2.24, 2.45) is 5.92 Å². The van der Waals surface area contributed by atoms with E-state index in [1.165, 1.54) is 30.4 Å². The average Bonchev–Trinajstić information content (AvgIpc) is 3.05. The lowest BCUT2D eigenvalue weighted by Crippen LogP contribution is -2.10.